The predicted octanol–water partition coefficient (Wildman–Crippen LogP) is 3.18. The number of hydrogen-bond acceptors (Lipinski definition) is 3. The maximum atomic E-state index is 6.09. The molecule has 1 saturated heterocycles. The van der Waals surface area contributed by atoms with Gasteiger partial charge in [-0.15, -0.1) is 0 Å². The first-order valence-electron chi connectivity index (χ1n) is 7.70. The minimum Gasteiger partial charge on any atom is -0.457 e. The number of para-hydroxylation sites is 2. The van der Waals surface area contributed by atoms with E-state index >= 15 is 0 Å². The zero-order valence-electron chi connectivity index (χ0n) is 12.3. The summed E-state index contributed by atoms with van der Waals surface area (Å²) in [6.07, 6.45) is 0. The molecule has 0 aliphatic carbocycles. The van der Waals surface area contributed by atoms with Crippen LogP contribution in [-0.2, 0) is 0 Å². The normalized spacial score (nSPS) is 17.8. The van der Waals surface area contributed by atoms with Crippen LogP contribution in [0.4, 0.5) is 0 Å². The molecule has 0 bridgehead atoms. The van der Waals surface area contributed by atoms with Crippen LogP contribution in [0.5, 0.6) is 11.5 Å². The third kappa shape index (κ3) is 2.04. The van der Waals surface area contributed by atoms with E-state index in [1.165, 1.54) is 11.1 Å². The van der Waals surface area contributed by atoms with Gasteiger partial charge in [-0.2, -0.15) is 0 Å². The van der Waals surface area contributed by atoms with Crippen molar-refractivity contribution in [3.05, 3.63) is 59.7 Å². The van der Waals surface area contributed by atoms with Crippen LogP contribution in [-0.4, -0.2) is 30.6 Å². The summed E-state index contributed by atoms with van der Waals surface area (Å²) in [7, 11) is 0. The summed E-state index contributed by atoms with van der Waals surface area (Å²) in [6, 6.07) is 17.8. The number of fused-ring (bicyclic) bond motifs is 2. The molecule has 0 aromatic heterocycles. The molecule has 108 valence electrons. The van der Waals surface area contributed by atoms with Crippen molar-refractivity contribution in [1.29, 1.82) is 0 Å². The Kier molecular flexibility index (Phi) is 3.17. The molecule has 2 aromatic rings. The van der Waals surface area contributed by atoms with Gasteiger partial charge in [0.1, 0.15) is 11.5 Å². The molecule has 3 heteroatoms. The van der Waals surface area contributed by atoms with Gasteiger partial charge in [-0.25, -0.2) is 0 Å². The third-order valence-corrected chi connectivity index (χ3v) is 4.57. The van der Waals surface area contributed by atoms with Crippen molar-refractivity contribution in [2.75, 3.05) is 19.6 Å². The molecule has 1 N–H and O–H groups in total. The number of likely N-dealkylation sites (N-methyl/N-ethyl adjacent to an activating group) is 1. The maximum Gasteiger partial charge on any atom is 0.132 e. The molecule has 0 unspecified atom stereocenters. The molecule has 0 atom stereocenters. The van der Waals surface area contributed by atoms with E-state index in [0.29, 0.717) is 12.1 Å². The van der Waals surface area contributed by atoms with Crippen molar-refractivity contribution in [1.82, 2.24) is 10.2 Å². The molecule has 2 heterocycles. The van der Waals surface area contributed by atoms with Crippen molar-refractivity contribution in [3.8, 4) is 11.5 Å². The fourth-order valence-electron chi connectivity index (χ4n) is 3.40. The zero-order chi connectivity index (χ0) is 14.2. The summed E-state index contributed by atoms with van der Waals surface area (Å²) < 4.78 is 6.09. The molecule has 0 radical (unpaired) electrons. The van der Waals surface area contributed by atoms with E-state index in [-0.39, 0.29) is 0 Å². The standard InChI is InChI=1S/C18H20N2O/c1-2-20(13-11-19-12-13)18-14-7-3-5-9-16(14)21-17-10-6-4-8-15(17)18/h3-10,13,18-19H,2,11-12H2,1H3. The van der Waals surface area contributed by atoms with Crippen LogP contribution >= 0.6 is 0 Å². The zero-order valence-corrected chi connectivity index (χ0v) is 12.3. The molecular weight excluding hydrogens is 260 g/mol. The molecule has 2 aliphatic heterocycles. The third-order valence-electron chi connectivity index (χ3n) is 4.57. The Labute approximate surface area is 125 Å². The van der Waals surface area contributed by atoms with Gasteiger partial charge in [-0.1, -0.05) is 43.3 Å². The summed E-state index contributed by atoms with van der Waals surface area (Å²) in [6.45, 7) is 5.45. The fourth-order valence-corrected chi connectivity index (χ4v) is 3.40. The van der Waals surface area contributed by atoms with Crippen LogP contribution in [0.1, 0.15) is 24.1 Å². The first-order valence-corrected chi connectivity index (χ1v) is 7.70. The van der Waals surface area contributed by atoms with E-state index in [1.54, 1.807) is 0 Å². The lowest BCUT2D eigenvalue weighted by Gasteiger charge is -2.44. The average Bonchev–Trinajstić information content (AvgIpc) is 2.48. The highest BCUT2D eigenvalue weighted by molar-refractivity contribution is 5.53. The van der Waals surface area contributed by atoms with E-state index in [9.17, 15) is 0 Å². The summed E-state index contributed by atoms with van der Waals surface area (Å²) >= 11 is 0. The van der Waals surface area contributed by atoms with Crippen molar-refractivity contribution in [3.63, 3.8) is 0 Å². The lowest BCUT2D eigenvalue weighted by Crippen LogP contribution is -2.58. The van der Waals surface area contributed by atoms with Gasteiger partial charge in [-0.3, -0.25) is 4.90 Å². The van der Waals surface area contributed by atoms with E-state index in [0.717, 1.165) is 31.1 Å². The highest BCUT2D eigenvalue weighted by Gasteiger charge is 2.36. The van der Waals surface area contributed by atoms with E-state index < -0.39 is 0 Å². The van der Waals surface area contributed by atoms with Crippen molar-refractivity contribution in [2.45, 2.75) is 19.0 Å². The van der Waals surface area contributed by atoms with E-state index in [4.69, 9.17) is 4.74 Å². The Bertz CT molecular complexity index is 606. The van der Waals surface area contributed by atoms with Gasteiger partial charge < -0.3 is 10.1 Å². The van der Waals surface area contributed by atoms with Crippen LogP contribution < -0.4 is 10.1 Å². The highest BCUT2D eigenvalue weighted by atomic mass is 16.5. The highest BCUT2D eigenvalue weighted by Crippen LogP contribution is 2.46. The Hall–Kier alpha value is -1.84. The molecule has 1 fully saturated rings. The largest absolute Gasteiger partial charge is 0.457 e. The van der Waals surface area contributed by atoms with Gasteiger partial charge in [0.05, 0.1) is 6.04 Å². The molecule has 0 spiro atoms. The molecule has 3 nitrogen and oxygen atoms in total. The molecular formula is C18H20N2O. The van der Waals surface area contributed by atoms with Crippen LogP contribution in [0.3, 0.4) is 0 Å². The summed E-state index contributed by atoms with van der Waals surface area (Å²) in [5.74, 6) is 1.99. The molecule has 21 heavy (non-hydrogen) atoms. The summed E-state index contributed by atoms with van der Waals surface area (Å²) in [4.78, 5) is 2.59. The Morgan fingerprint density at radius 2 is 1.57 bits per heavy atom. The summed E-state index contributed by atoms with van der Waals surface area (Å²) in [5.41, 5.74) is 2.56. The smallest absolute Gasteiger partial charge is 0.132 e. The van der Waals surface area contributed by atoms with Crippen LogP contribution in [0.25, 0.3) is 0 Å². The van der Waals surface area contributed by atoms with Crippen LogP contribution in [0.2, 0.25) is 0 Å². The second kappa shape index (κ2) is 5.17. The first kappa shape index (κ1) is 12.9. The number of hydrogen-bond donors (Lipinski definition) is 1. The Morgan fingerprint density at radius 1 is 1.00 bits per heavy atom. The minimum atomic E-state index is 0.295. The molecule has 4 rings (SSSR count). The quantitative estimate of drug-likeness (QED) is 0.934. The fraction of sp³-hybridized carbons (Fsp3) is 0.333. The van der Waals surface area contributed by atoms with Crippen LogP contribution in [0.15, 0.2) is 48.5 Å². The SMILES string of the molecule is CCN(C1CNC1)C1c2ccccc2Oc2ccccc21. The predicted molar refractivity (Wildman–Crippen MR) is 83.8 cm³/mol. The van der Waals surface area contributed by atoms with Crippen LogP contribution in [0, 0.1) is 0 Å². The lowest BCUT2D eigenvalue weighted by atomic mass is 9.91. The number of benzene rings is 2. The molecule has 2 aromatic carbocycles. The second-order valence-corrected chi connectivity index (χ2v) is 5.72. The Morgan fingerprint density at radius 3 is 2.05 bits per heavy atom. The first-order chi connectivity index (χ1) is 10.4. The topological polar surface area (TPSA) is 24.5 Å². The molecule has 0 amide bonds. The van der Waals surface area contributed by atoms with Crippen molar-refractivity contribution >= 4 is 0 Å². The lowest BCUT2D eigenvalue weighted by molar-refractivity contribution is 0.114. The van der Waals surface area contributed by atoms with Gasteiger partial charge in [-0.05, 0) is 18.7 Å². The van der Waals surface area contributed by atoms with Gasteiger partial charge in [0.2, 0.25) is 0 Å². The molecule has 0 saturated carbocycles. The van der Waals surface area contributed by atoms with E-state index in [2.05, 4.69) is 53.5 Å². The van der Waals surface area contributed by atoms with Gasteiger partial charge in [0.25, 0.3) is 0 Å². The average molecular weight is 280 g/mol. The summed E-state index contributed by atoms with van der Waals surface area (Å²) in [5, 5.41) is 3.39. The second-order valence-electron chi connectivity index (χ2n) is 5.72. The Balaban J connectivity index is 1.84. The van der Waals surface area contributed by atoms with E-state index in [1.807, 2.05) is 12.1 Å². The van der Waals surface area contributed by atoms with Crippen molar-refractivity contribution in [2.24, 2.45) is 0 Å². The number of nitrogens with zero attached hydrogens (tertiary/aromatic N) is 1. The van der Waals surface area contributed by atoms with Gasteiger partial charge in [0.15, 0.2) is 0 Å². The van der Waals surface area contributed by atoms with Gasteiger partial charge >= 0.3 is 0 Å². The van der Waals surface area contributed by atoms with Gasteiger partial charge in [0, 0.05) is 30.3 Å². The number of nitrogens with one attached hydrogen (secondary N) is 1. The molecule has 2 aliphatic rings. The number of ether oxygens (including phenoxy) is 1. The maximum absolute atomic E-state index is 6.09. The van der Waals surface area contributed by atoms with Crippen molar-refractivity contribution < 1.29 is 4.74 Å². The number of rotatable bonds is 3. The minimum absolute atomic E-state index is 0.295. The monoisotopic (exact) mass is 280 g/mol.